The number of benzene rings is 3. The summed E-state index contributed by atoms with van der Waals surface area (Å²) in [6, 6.07) is 17.3. The Hall–Kier alpha value is -3.18. The highest BCUT2D eigenvalue weighted by atomic mass is 16.6. The monoisotopic (exact) mass is 387 g/mol. The number of hydrogen-bond acceptors (Lipinski definition) is 4. The van der Waals surface area contributed by atoms with E-state index in [4.69, 9.17) is 9.47 Å². The molecule has 0 N–H and O–H groups in total. The zero-order valence-corrected chi connectivity index (χ0v) is 16.2. The van der Waals surface area contributed by atoms with E-state index in [0.29, 0.717) is 18.3 Å². The largest absolute Gasteiger partial charge is 0.462 e. The van der Waals surface area contributed by atoms with Crippen molar-refractivity contribution in [3.05, 3.63) is 65.7 Å². The number of carbonyl (C=O) groups is 2. The van der Waals surface area contributed by atoms with Gasteiger partial charge in [0.25, 0.3) is 5.91 Å². The molecule has 146 valence electrons. The molecule has 0 saturated carbocycles. The molecule has 29 heavy (non-hydrogen) atoms. The predicted molar refractivity (Wildman–Crippen MR) is 111 cm³/mol. The minimum Gasteiger partial charge on any atom is -0.462 e. The summed E-state index contributed by atoms with van der Waals surface area (Å²) in [5.41, 5.74) is 4.24. The van der Waals surface area contributed by atoms with Gasteiger partial charge in [-0.2, -0.15) is 0 Å². The molecule has 5 heteroatoms. The fourth-order valence-corrected chi connectivity index (χ4v) is 3.97. The van der Waals surface area contributed by atoms with Crippen LogP contribution in [0.25, 0.3) is 21.9 Å². The van der Waals surface area contributed by atoms with Crippen LogP contribution in [0, 0.1) is 0 Å². The Balaban J connectivity index is 1.38. The van der Waals surface area contributed by atoms with Crippen molar-refractivity contribution in [3.63, 3.8) is 0 Å². The van der Waals surface area contributed by atoms with Gasteiger partial charge in [0, 0.05) is 18.0 Å². The second-order valence-corrected chi connectivity index (χ2v) is 7.54. The van der Waals surface area contributed by atoms with Gasteiger partial charge in [0.15, 0.2) is 0 Å². The smallest absolute Gasteiger partial charge is 0.338 e. The molecule has 3 aromatic carbocycles. The SMILES string of the molecule is CN1C(=O)c2cccc3c(-c4ccc(C(=O)OCCCC5CO5)cc4)ccc1c23. The molecule has 0 radical (unpaired) electrons. The molecule has 5 rings (SSSR count). The molecular weight excluding hydrogens is 366 g/mol. The molecule has 2 heterocycles. The van der Waals surface area contributed by atoms with Crippen LogP contribution in [0.2, 0.25) is 0 Å². The Labute approximate surface area is 168 Å². The van der Waals surface area contributed by atoms with E-state index < -0.39 is 0 Å². The molecule has 0 aliphatic carbocycles. The lowest BCUT2D eigenvalue weighted by atomic mass is 9.95. The fourth-order valence-electron chi connectivity index (χ4n) is 3.97. The van der Waals surface area contributed by atoms with E-state index in [1.807, 2.05) is 42.5 Å². The van der Waals surface area contributed by atoms with Crippen LogP contribution < -0.4 is 4.90 Å². The fraction of sp³-hybridized carbons (Fsp3) is 0.250. The van der Waals surface area contributed by atoms with Crippen molar-refractivity contribution in [3.8, 4) is 11.1 Å². The van der Waals surface area contributed by atoms with Crippen molar-refractivity contribution in [2.45, 2.75) is 18.9 Å². The summed E-state index contributed by atoms with van der Waals surface area (Å²) in [7, 11) is 1.80. The van der Waals surface area contributed by atoms with Gasteiger partial charge in [0.1, 0.15) is 0 Å². The van der Waals surface area contributed by atoms with Gasteiger partial charge >= 0.3 is 5.97 Å². The number of hydrogen-bond donors (Lipinski definition) is 0. The van der Waals surface area contributed by atoms with E-state index in [-0.39, 0.29) is 11.9 Å². The number of epoxide rings is 1. The average Bonchev–Trinajstić information content (AvgIpc) is 3.55. The maximum atomic E-state index is 12.5. The molecule has 1 atom stereocenters. The Bertz CT molecular complexity index is 1120. The number of carbonyl (C=O) groups excluding carboxylic acids is 2. The Kier molecular flexibility index (Phi) is 4.32. The zero-order valence-electron chi connectivity index (χ0n) is 16.2. The van der Waals surface area contributed by atoms with E-state index in [1.165, 1.54) is 0 Å². The number of amides is 1. The molecule has 0 aromatic heterocycles. The Morgan fingerprint density at radius 2 is 1.90 bits per heavy atom. The molecule has 1 saturated heterocycles. The molecule has 5 nitrogen and oxygen atoms in total. The maximum absolute atomic E-state index is 12.5. The molecule has 0 spiro atoms. The zero-order chi connectivity index (χ0) is 20.0. The summed E-state index contributed by atoms with van der Waals surface area (Å²) < 4.78 is 10.5. The highest BCUT2D eigenvalue weighted by Gasteiger charge is 2.27. The Morgan fingerprint density at radius 1 is 1.10 bits per heavy atom. The number of anilines is 1. The van der Waals surface area contributed by atoms with Crippen molar-refractivity contribution in [1.82, 2.24) is 0 Å². The van der Waals surface area contributed by atoms with Crippen LogP contribution in [0.5, 0.6) is 0 Å². The van der Waals surface area contributed by atoms with Gasteiger partial charge in [0.2, 0.25) is 0 Å². The van der Waals surface area contributed by atoms with Crippen molar-refractivity contribution in [2.24, 2.45) is 0 Å². The minimum absolute atomic E-state index is 0.0223. The predicted octanol–water partition coefficient (Wildman–Crippen LogP) is 4.43. The summed E-state index contributed by atoms with van der Waals surface area (Å²) in [4.78, 5) is 26.4. The number of nitrogens with zero attached hydrogens (tertiary/aromatic N) is 1. The summed E-state index contributed by atoms with van der Waals surface area (Å²) in [6.07, 6.45) is 2.12. The molecule has 0 bridgehead atoms. The standard InChI is InChI=1S/C24H21NO4/c1-25-21-12-11-18(19-5-2-6-20(22(19)21)23(25)26)15-7-9-16(10-8-15)24(27)28-13-3-4-17-14-29-17/h2,5-12,17H,3-4,13-14H2,1H3. The van der Waals surface area contributed by atoms with Crippen molar-refractivity contribution >= 4 is 28.3 Å². The summed E-state index contributed by atoms with van der Waals surface area (Å²) in [6.45, 7) is 1.24. The third-order valence-corrected chi connectivity index (χ3v) is 5.65. The van der Waals surface area contributed by atoms with E-state index >= 15 is 0 Å². The van der Waals surface area contributed by atoms with Crippen LogP contribution in [0.15, 0.2) is 54.6 Å². The summed E-state index contributed by atoms with van der Waals surface area (Å²) >= 11 is 0. The van der Waals surface area contributed by atoms with Crippen molar-refractivity contribution in [2.75, 3.05) is 25.2 Å². The van der Waals surface area contributed by atoms with Crippen LogP contribution in [0.3, 0.4) is 0 Å². The lowest BCUT2D eigenvalue weighted by Gasteiger charge is -2.12. The van der Waals surface area contributed by atoms with Crippen molar-refractivity contribution in [1.29, 1.82) is 0 Å². The second-order valence-electron chi connectivity index (χ2n) is 7.54. The normalized spacial score (nSPS) is 17.1. The van der Waals surface area contributed by atoms with Gasteiger partial charge in [-0.1, -0.05) is 30.3 Å². The Morgan fingerprint density at radius 3 is 2.66 bits per heavy atom. The van der Waals surface area contributed by atoms with Gasteiger partial charge in [-0.25, -0.2) is 4.79 Å². The molecule has 3 aromatic rings. The van der Waals surface area contributed by atoms with Crippen LogP contribution in [-0.4, -0.2) is 38.2 Å². The first kappa shape index (κ1) is 17.9. The van der Waals surface area contributed by atoms with Crippen LogP contribution >= 0.6 is 0 Å². The third-order valence-electron chi connectivity index (χ3n) is 5.65. The van der Waals surface area contributed by atoms with E-state index in [9.17, 15) is 9.59 Å². The van der Waals surface area contributed by atoms with Gasteiger partial charge < -0.3 is 14.4 Å². The molecular formula is C24H21NO4. The van der Waals surface area contributed by atoms with Crippen LogP contribution in [0.1, 0.15) is 33.6 Å². The third kappa shape index (κ3) is 3.17. The number of ether oxygens (including phenoxy) is 2. The van der Waals surface area contributed by atoms with E-state index in [1.54, 1.807) is 24.1 Å². The van der Waals surface area contributed by atoms with Gasteiger partial charge in [-0.3, -0.25) is 4.79 Å². The summed E-state index contributed by atoms with van der Waals surface area (Å²) in [5.74, 6) is -0.282. The highest BCUT2D eigenvalue weighted by molar-refractivity contribution is 6.26. The molecule has 1 fully saturated rings. The lowest BCUT2D eigenvalue weighted by molar-refractivity contribution is 0.0496. The first-order valence-corrected chi connectivity index (χ1v) is 9.86. The van der Waals surface area contributed by atoms with Gasteiger partial charge in [-0.15, -0.1) is 0 Å². The van der Waals surface area contributed by atoms with Crippen molar-refractivity contribution < 1.29 is 19.1 Å². The average molecular weight is 387 g/mol. The van der Waals surface area contributed by atoms with Gasteiger partial charge in [0.05, 0.1) is 30.6 Å². The van der Waals surface area contributed by atoms with Crippen LogP contribution in [0.4, 0.5) is 5.69 Å². The van der Waals surface area contributed by atoms with E-state index in [0.717, 1.165) is 52.6 Å². The van der Waals surface area contributed by atoms with E-state index in [2.05, 4.69) is 0 Å². The maximum Gasteiger partial charge on any atom is 0.338 e. The first-order chi connectivity index (χ1) is 14.1. The topological polar surface area (TPSA) is 59.1 Å². The molecule has 2 aliphatic rings. The van der Waals surface area contributed by atoms with Gasteiger partial charge in [-0.05, 0) is 53.6 Å². The number of esters is 1. The molecule has 2 aliphatic heterocycles. The van der Waals surface area contributed by atoms with Crippen LogP contribution in [-0.2, 0) is 9.47 Å². The molecule has 1 amide bonds. The molecule has 1 unspecified atom stereocenters. The lowest BCUT2D eigenvalue weighted by Crippen LogP contribution is -2.20. The highest BCUT2D eigenvalue weighted by Crippen LogP contribution is 2.41. The quantitative estimate of drug-likeness (QED) is 0.357. The summed E-state index contributed by atoms with van der Waals surface area (Å²) in [5, 5.41) is 2.02. The second kappa shape index (κ2) is 7.01. The minimum atomic E-state index is -0.305. The first-order valence-electron chi connectivity index (χ1n) is 9.86. The number of rotatable bonds is 6.